The fourth-order valence-electron chi connectivity index (χ4n) is 2.10. The first-order valence-corrected chi connectivity index (χ1v) is 6.70. The molecule has 0 saturated heterocycles. The number of nitrogens with one attached hydrogen (secondary N) is 2. The number of nitrogens with zero attached hydrogens (tertiary/aromatic N) is 4. The molecule has 0 aliphatic carbocycles. The molecule has 0 radical (unpaired) electrons. The summed E-state index contributed by atoms with van der Waals surface area (Å²) < 4.78 is 1.35. The summed E-state index contributed by atoms with van der Waals surface area (Å²) in [6.07, 6.45) is 4.25. The van der Waals surface area contributed by atoms with Crippen LogP contribution in [-0.2, 0) is 0 Å². The second kappa shape index (κ2) is 5.40. The van der Waals surface area contributed by atoms with Crippen LogP contribution < -0.4 is 10.9 Å². The first-order valence-electron chi connectivity index (χ1n) is 6.70. The Labute approximate surface area is 125 Å². The summed E-state index contributed by atoms with van der Waals surface area (Å²) in [4.78, 5) is 32.8. The van der Waals surface area contributed by atoms with Crippen molar-refractivity contribution in [1.29, 1.82) is 0 Å². The van der Waals surface area contributed by atoms with Gasteiger partial charge in [0.2, 0.25) is 0 Å². The molecule has 22 heavy (non-hydrogen) atoms. The largest absolute Gasteiger partial charge is 0.342 e. The summed E-state index contributed by atoms with van der Waals surface area (Å²) in [5.74, 6) is 0.00852. The molecule has 3 aromatic heterocycles. The van der Waals surface area contributed by atoms with Crippen LogP contribution >= 0.6 is 0 Å². The number of rotatable bonds is 3. The van der Waals surface area contributed by atoms with E-state index in [1.165, 1.54) is 16.9 Å². The average Bonchev–Trinajstić information content (AvgIpc) is 3.01. The molecule has 0 spiro atoms. The maximum Gasteiger partial charge on any atom is 0.270 e. The van der Waals surface area contributed by atoms with Crippen LogP contribution in [0.15, 0.2) is 35.6 Å². The van der Waals surface area contributed by atoms with E-state index in [1.807, 2.05) is 6.92 Å². The molecule has 2 N–H and O–H groups in total. The Hall–Kier alpha value is -3.03. The van der Waals surface area contributed by atoms with E-state index < -0.39 is 17.5 Å². The highest BCUT2D eigenvalue weighted by Gasteiger charge is 2.17. The number of carbonyl (C=O) groups excluding carboxylic acids is 1. The van der Waals surface area contributed by atoms with Gasteiger partial charge in [-0.05, 0) is 31.5 Å². The summed E-state index contributed by atoms with van der Waals surface area (Å²) in [5.41, 5.74) is 1.06. The van der Waals surface area contributed by atoms with Crippen LogP contribution in [0.1, 0.15) is 34.7 Å². The molecule has 0 fully saturated rings. The summed E-state index contributed by atoms with van der Waals surface area (Å²) >= 11 is 0. The van der Waals surface area contributed by atoms with Crippen molar-refractivity contribution in [1.82, 2.24) is 29.9 Å². The molecule has 3 aromatic rings. The number of pyridine rings is 1. The van der Waals surface area contributed by atoms with E-state index in [1.54, 1.807) is 25.3 Å². The van der Waals surface area contributed by atoms with Gasteiger partial charge in [0.25, 0.3) is 11.5 Å². The minimum Gasteiger partial charge on any atom is -0.342 e. The van der Waals surface area contributed by atoms with E-state index in [0.29, 0.717) is 11.5 Å². The fraction of sp³-hybridized carbons (Fsp3) is 0.214. The van der Waals surface area contributed by atoms with E-state index in [9.17, 15) is 9.59 Å². The lowest BCUT2D eigenvalue weighted by atomic mass is 10.2. The molecule has 1 atom stereocenters. The first kappa shape index (κ1) is 13.9. The molecular formula is C14H14N6O2. The Morgan fingerprint density at radius 3 is 2.95 bits per heavy atom. The van der Waals surface area contributed by atoms with Crippen LogP contribution in [0.5, 0.6) is 0 Å². The molecule has 0 saturated carbocycles. The summed E-state index contributed by atoms with van der Waals surface area (Å²) in [7, 11) is 0. The molecular weight excluding hydrogens is 284 g/mol. The zero-order chi connectivity index (χ0) is 15.7. The van der Waals surface area contributed by atoms with Crippen molar-refractivity contribution in [3.05, 3.63) is 58.2 Å². The third-order valence-corrected chi connectivity index (χ3v) is 3.30. The Morgan fingerprint density at radius 1 is 1.41 bits per heavy atom. The second-order valence-corrected chi connectivity index (χ2v) is 4.98. The van der Waals surface area contributed by atoms with E-state index in [0.717, 1.165) is 5.56 Å². The number of fused-ring (bicyclic) bond motifs is 1. The Balaban J connectivity index is 1.93. The lowest BCUT2D eigenvalue weighted by Gasteiger charge is -2.11. The van der Waals surface area contributed by atoms with E-state index in [-0.39, 0.29) is 5.56 Å². The number of amides is 1. The zero-order valence-corrected chi connectivity index (χ0v) is 12.1. The normalized spacial score (nSPS) is 12.3. The van der Waals surface area contributed by atoms with Crippen molar-refractivity contribution >= 4 is 11.6 Å². The van der Waals surface area contributed by atoms with Crippen LogP contribution in [0.25, 0.3) is 5.65 Å². The Bertz CT molecular complexity index is 884. The number of hydrogen-bond acceptors (Lipinski definition) is 5. The number of aromatic nitrogens is 5. The molecule has 1 unspecified atom stereocenters. The molecule has 0 aliphatic heterocycles. The minimum absolute atomic E-state index is 0.0206. The number of H-pyrrole nitrogens is 1. The standard InChI is InChI=1S/C14H14N6O2/c1-8-3-4-20-11(5-8)15-6-10(14(20)22)13(21)18-9(2)12-16-7-17-19-12/h3-7,9H,1-2H3,(H,18,21)(H,16,17,19). The molecule has 112 valence electrons. The SMILES string of the molecule is Cc1ccn2c(=O)c(C(=O)NC(C)c3ncn[nH]3)cnc2c1. The quantitative estimate of drug-likeness (QED) is 0.737. The maximum atomic E-state index is 12.4. The van der Waals surface area contributed by atoms with Crippen molar-refractivity contribution < 1.29 is 4.79 Å². The van der Waals surface area contributed by atoms with Crippen LogP contribution in [0, 0.1) is 6.92 Å². The highest BCUT2D eigenvalue weighted by Crippen LogP contribution is 2.06. The molecule has 1 amide bonds. The van der Waals surface area contributed by atoms with Crippen molar-refractivity contribution in [2.75, 3.05) is 0 Å². The van der Waals surface area contributed by atoms with E-state index >= 15 is 0 Å². The van der Waals surface area contributed by atoms with Gasteiger partial charge in [-0.3, -0.25) is 19.1 Å². The number of carbonyl (C=O) groups is 1. The third kappa shape index (κ3) is 2.46. The van der Waals surface area contributed by atoms with Crippen molar-refractivity contribution in [2.24, 2.45) is 0 Å². The van der Waals surface area contributed by atoms with Gasteiger partial charge in [-0.2, -0.15) is 5.10 Å². The first-order chi connectivity index (χ1) is 10.6. The monoisotopic (exact) mass is 298 g/mol. The van der Waals surface area contributed by atoms with Gasteiger partial charge in [0.1, 0.15) is 23.4 Å². The molecule has 8 heteroatoms. The van der Waals surface area contributed by atoms with Gasteiger partial charge in [0.05, 0.1) is 6.04 Å². The predicted molar refractivity (Wildman–Crippen MR) is 78.5 cm³/mol. The lowest BCUT2D eigenvalue weighted by Crippen LogP contribution is -2.33. The van der Waals surface area contributed by atoms with Crippen LogP contribution in [0.3, 0.4) is 0 Å². The van der Waals surface area contributed by atoms with Crippen molar-refractivity contribution in [3.63, 3.8) is 0 Å². The predicted octanol–water partition coefficient (Wildman–Crippen LogP) is 0.612. The number of aryl methyl sites for hydroxylation is 1. The highest BCUT2D eigenvalue weighted by molar-refractivity contribution is 5.93. The van der Waals surface area contributed by atoms with Gasteiger partial charge in [-0.1, -0.05) is 0 Å². The van der Waals surface area contributed by atoms with Gasteiger partial charge < -0.3 is 5.32 Å². The zero-order valence-electron chi connectivity index (χ0n) is 12.1. The molecule has 0 bridgehead atoms. The molecule has 3 heterocycles. The van der Waals surface area contributed by atoms with Crippen molar-refractivity contribution in [3.8, 4) is 0 Å². The maximum absolute atomic E-state index is 12.4. The molecule has 0 aromatic carbocycles. The smallest absolute Gasteiger partial charge is 0.270 e. The third-order valence-electron chi connectivity index (χ3n) is 3.30. The van der Waals surface area contributed by atoms with Crippen LogP contribution in [0.2, 0.25) is 0 Å². The minimum atomic E-state index is -0.503. The number of hydrogen-bond donors (Lipinski definition) is 2. The summed E-state index contributed by atoms with van der Waals surface area (Å²) in [5, 5.41) is 9.08. The van der Waals surface area contributed by atoms with Crippen molar-refractivity contribution in [2.45, 2.75) is 19.9 Å². The van der Waals surface area contributed by atoms with E-state index in [4.69, 9.17) is 0 Å². The molecule has 8 nitrogen and oxygen atoms in total. The van der Waals surface area contributed by atoms with Gasteiger partial charge in [0, 0.05) is 12.4 Å². The molecule has 3 rings (SSSR count). The lowest BCUT2D eigenvalue weighted by molar-refractivity contribution is 0.0936. The average molecular weight is 298 g/mol. The van der Waals surface area contributed by atoms with Gasteiger partial charge in [-0.15, -0.1) is 0 Å². The highest BCUT2D eigenvalue weighted by atomic mass is 16.2. The van der Waals surface area contributed by atoms with Gasteiger partial charge >= 0.3 is 0 Å². The summed E-state index contributed by atoms with van der Waals surface area (Å²) in [6, 6.07) is 3.17. The van der Waals surface area contributed by atoms with Gasteiger partial charge in [0.15, 0.2) is 0 Å². The van der Waals surface area contributed by atoms with Gasteiger partial charge in [-0.25, -0.2) is 9.97 Å². The summed E-state index contributed by atoms with van der Waals surface area (Å²) in [6.45, 7) is 3.65. The van der Waals surface area contributed by atoms with Crippen LogP contribution in [0.4, 0.5) is 0 Å². The van der Waals surface area contributed by atoms with Crippen LogP contribution in [-0.4, -0.2) is 30.5 Å². The topological polar surface area (TPSA) is 105 Å². The second-order valence-electron chi connectivity index (χ2n) is 4.98. The number of aromatic amines is 1. The Kier molecular flexibility index (Phi) is 3.42. The Morgan fingerprint density at radius 2 is 2.23 bits per heavy atom. The molecule has 0 aliphatic rings. The van der Waals surface area contributed by atoms with E-state index in [2.05, 4.69) is 25.5 Å². The fourth-order valence-corrected chi connectivity index (χ4v) is 2.10.